The number of aromatic carboxylic acids is 1. The van der Waals surface area contributed by atoms with Gasteiger partial charge < -0.3 is 5.11 Å². The first-order valence-electron chi connectivity index (χ1n) is 4.77. The Morgan fingerprint density at radius 2 is 2.12 bits per heavy atom. The van der Waals surface area contributed by atoms with E-state index < -0.39 is 5.97 Å². The number of carbonyl (C=O) groups is 1. The van der Waals surface area contributed by atoms with Crippen LogP contribution in [0.2, 0.25) is 0 Å². The molecule has 5 heteroatoms. The highest BCUT2D eigenvalue weighted by Gasteiger charge is 2.10. The van der Waals surface area contributed by atoms with Crippen molar-refractivity contribution in [2.75, 3.05) is 0 Å². The number of aryl methyl sites for hydroxylation is 2. The van der Waals surface area contributed by atoms with Gasteiger partial charge in [-0.05, 0) is 18.6 Å². The number of hydrogen-bond donors (Lipinski definition) is 1. The van der Waals surface area contributed by atoms with Crippen molar-refractivity contribution in [3.8, 4) is 11.1 Å². The van der Waals surface area contributed by atoms with E-state index in [-0.39, 0.29) is 5.69 Å². The summed E-state index contributed by atoms with van der Waals surface area (Å²) in [4.78, 5) is 14.7. The topological polar surface area (TPSA) is 68.0 Å². The molecule has 0 aliphatic heterocycles. The van der Waals surface area contributed by atoms with Crippen LogP contribution in [0, 0.1) is 6.92 Å². The van der Waals surface area contributed by atoms with Crippen LogP contribution in [0.3, 0.4) is 0 Å². The molecule has 0 amide bonds. The number of rotatable bonds is 2. The molecule has 0 saturated heterocycles. The first-order valence-corrected chi connectivity index (χ1v) is 4.77. The Balaban J connectivity index is 2.45. The third-order valence-corrected chi connectivity index (χ3v) is 2.32. The molecular weight excluding hydrogens is 206 g/mol. The van der Waals surface area contributed by atoms with Crippen molar-refractivity contribution in [3.05, 3.63) is 35.9 Å². The van der Waals surface area contributed by atoms with Gasteiger partial charge in [0, 0.05) is 30.6 Å². The van der Waals surface area contributed by atoms with E-state index in [1.807, 2.05) is 13.2 Å². The van der Waals surface area contributed by atoms with Gasteiger partial charge in [-0.25, -0.2) is 9.78 Å². The molecule has 0 aromatic carbocycles. The van der Waals surface area contributed by atoms with Crippen LogP contribution < -0.4 is 0 Å². The van der Waals surface area contributed by atoms with Crippen LogP contribution >= 0.6 is 0 Å². The molecule has 0 unspecified atom stereocenters. The number of aromatic nitrogens is 3. The maximum Gasteiger partial charge on any atom is 0.354 e. The molecular formula is C11H11N3O2. The summed E-state index contributed by atoms with van der Waals surface area (Å²) in [6, 6.07) is 1.80. The normalized spacial score (nSPS) is 10.4. The summed E-state index contributed by atoms with van der Waals surface area (Å²) >= 11 is 0. The van der Waals surface area contributed by atoms with E-state index in [1.165, 1.54) is 0 Å². The minimum Gasteiger partial charge on any atom is -0.477 e. The molecule has 0 aliphatic carbocycles. The summed E-state index contributed by atoms with van der Waals surface area (Å²) in [7, 11) is 1.83. The highest BCUT2D eigenvalue weighted by atomic mass is 16.4. The minimum atomic E-state index is -1.00. The van der Waals surface area contributed by atoms with Gasteiger partial charge in [0.2, 0.25) is 0 Å². The molecule has 82 valence electrons. The van der Waals surface area contributed by atoms with E-state index in [0.717, 1.165) is 11.1 Å². The van der Waals surface area contributed by atoms with E-state index in [1.54, 1.807) is 30.1 Å². The Morgan fingerprint density at radius 1 is 1.38 bits per heavy atom. The van der Waals surface area contributed by atoms with Crippen molar-refractivity contribution in [1.29, 1.82) is 0 Å². The molecule has 0 aliphatic rings. The summed E-state index contributed by atoms with van der Waals surface area (Å²) in [5.41, 5.74) is 2.53. The van der Waals surface area contributed by atoms with E-state index >= 15 is 0 Å². The lowest BCUT2D eigenvalue weighted by atomic mass is 10.1. The maximum absolute atomic E-state index is 10.8. The molecule has 0 radical (unpaired) electrons. The molecule has 5 nitrogen and oxygen atoms in total. The van der Waals surface area contributed by atoms with Crippen molar-refractivity contribution in [2.45, 2.75) is 6.92 Å². The Bertz CT molecular complexity index is 546. The Kier molecular flexibility index (Phi) is 2.44. The van der Waals surface area contributed by atoms with Gasteiger partial charge in [-0.1, -0.05) is 0 Å². The molecule has 0 fully saturated rings. The predicted molar refractivity (Wildman–Crippen MR) is 58.1 cm³/mol. The third-order valence-electron chi connectivity index (χ3n) is 2.32. The second-order valence-electron chi connectivity index (χ2n) is 3.60. The molecule has 2 aromatic rings. The first kappa shape index (κ1) is 10.4. The molecule has 16 heavy (non-hydrogen) atoms. The largest absolute Gasteiger partial charge is 0.477 e. The fourth-order valence-electron chi connectivity index (χ4n) is 1.53. The fraction of sp³-hybridized carbons (Fsp3) is 0.182. The van der Waals surface area contributed by atoms with Gasteiger partial charge in [0.05, 0.1) is 6.20 Å². The van der Waals surface area contributed by atoms with Crippen LogP contribution in [0.15, 0.2) is 24.7 Å². The van der Waals surface area contributed by atoms with Crippen molar-refractivity contribution >= 4 is 5.97 Å². The van der Waals surface area contributed by atoms with Crippen LogP contribution in [0.25, 0.3) is 11.1 Å². The van der Waals surface area contributed by atoms with E-state index in [4.69, 9.17) is 5.11 Å². The number of hydrogen-bond acceptors (Lipinski definition) is 3. The molecule has 0 spiro atoms. The van der Waals surface area contributed by atoms with Gasteiger partial charge >= 0.3 is 5.97 Å². The summed E-state index contributed by atoms with van der Waals surface area (Å²) in [5, 5.41) is 12.9. The number of carboxylic acids is 1. The lowest BCUT2D eigenvalue weighted by Crippen LogP contribution is -2.03. The standard InChI is InChI=1S/C11H11N3O2/c1-7-3-8(4-12-10(7)11(15)16)9-5-13-14(2)6-9/h3-6H,1-2H3,(H,15,16). The van der Waals surface area contributed by atoms with Gasteiger partial charge in [0.25, 0.3) is 0 Å². The average Bonchev–Trinajstić information content (AvgIpc) is 2.64. The zero-order chi connectivity index (χ0) is 11.7. The highest BCUT2D eigenvalue weighted by molar-refractivity contribution is 5.87. The van der Waals surface area contributed by atoms with Crippen LogP contribution in [-0.4, -0.2) is 25.8 Å². The minimum absolute atomic E-state index is 0.0904. The second-order valence-corrected chi connectivity index (χ2v) is 3.60. The SMILES string of the molecule is Cc1cc(-c2cnn(C)c2)cnc1C(=O)O. The van der Waals surface area contributed by atoms with Crippen molar-refractivity contribution < 1.29 is 9.90 Å². The molecule has 0 bridgehead atoms. The Morgan fingerprint density at radius 3 is 2.62 bits per heavy atom. The summed E-state index contributed by atoms with van der Waals surface area (Å²) < 4.78 is 1.69. The predicted octanol–water partition coefficient (Wildman–Crippen LogP) is 1.49. The van der Waals surface area contributed by atoms with Crippen LogP contribution in [0.5, 0.6) is 0 Å². The molecule has 2 heterocycles. The summed E-state index contributed by atoms with van der Waals surface area (Å²) in [6.45, 7) is 1.73. The Hall–Kier alpha value is -2.17. The average molecular weight is 217 g/mol. The van der Waals surface area contributed by atoms with Crippen molar-refractivity contribution in [3.63, 3.8) is 0 Å². The van der Waals surface area contributed by atoms with Crippen LogP contribution in [-0.2, 0) is 7.05 Å². The van der Waals surface area contributed by atoms with E-state index in [0.29, 0.717) is 5.56 Å². The molecule has 1 N–H and O–H groups in total. The van der Waals surface area contributed by atoms with Crippen LogP contribution in [0.4, 0.5) is 0 Å². The summed E-state index contributed by atoms with van der Waals surface area (Å²) in [6.07, 6.45) is 5.13. The van der Waals surface area contributed by atoms with Gasteiger partial charge in [0.15, 0.2) is 5.69 Å². The lowest BCUT2D eigenvalue weighted by molar-refractivity contribution is 0.0689. The van der Waals surface area contributed by atoms with Crippen molar-refractivity contribution in [2.24, 2.45) is 7.05 Å². The third kappa shape index (κ3) is 1.79. The van der Waals surface area contributed by atoms with Gasteiger partial charge in [-0.15, -0.1) is 0 Å². The molecule has 0 saturated carbocycles. The van der Waals surface area contributed by atoms with Gasteiger partial charge in [-0.2, -0.15) is 5.10 Å². The molecule has 0 atom stereocenters. The number of carboxylic acid groups (broad SMARTS) is 1. The summed E-state index contributed by atoms with van der Waals surface area (Å²) in [5.74, 6) is -1.00. The van der Waals surface area contributed by atoms with Crippen LogP contribution in [0.1, 0.15) is 16.1 Å². The smallest absolute Gasteiger partial charge is 0.354 e. The first-order chi connectivity index (χ1) is 7.58. The lowest BCUT2D eigenvalue weighted by Gasteiger charge is -2.02. The van der Waals surface area contributed by atoms with Crippen molar-refractivity contribution in [1.82, 2.24) is 14.8 Å². The molecule has 2 aromatic heterocycles. The number of nitrogens with zero attached hydrogens (tertiary/aromatic N) is 3. The zero-order valence-electron chi connectivity index (χ0n) is 9.01. The fourth-order valence-corrected chi connectivity index (χ4v) is 1.53. The maximum atomic E-state index is 10.8. The second kappa shape index (κ2) is 3.77. The Labute approximate surface area is 92.4 Å². The monoisotopic (exact) mass is 217 g/mol. The quantitative estimate of drug-likeness (QED) is 0.827. The highest BCUT2D eigenvalue weighted by Crippen LogP contribution is 2.19. The van der Waals surface area contributed by atoms with E-state index in [2.05, 4.69) is 10.1 Å². The number of pyridine rings is 1. The zero-order valence-corrected chi connectivity index (χ0v) is 9.01. The van der Waals surface area contributed by atoms with Gasteiger partial charge in [0.1, 0.15) is 0 Å². The van der Waals surface area contributed by atoms with E-state index in [9.17, 15) is 4.79 Å². The van der Waals surface area contributed by atoms with Gasteiger partial charge in [-0.3, -0.25) is 4.68 Å². The molecule has 2 rings (SSSR count).